The number of ether oxygens (including phenoxy) is 1. The van der Waals surface area contributed by atoms with Crippen LogP contribution in [0.4, 0.5) is 11.4 Å². The summed E-state index contributed by atoms with van der Waals surface area (Å²) in [6.07, 6.45) is 0. The van der Waals surface area contributed by atoms with Crippen molar-refractivity contribution in [1.82, 2.24) is 0 Å². The van der Waals surface area contributed by atoms with Crippen LogP contribution in [0, 0.1) is 28.9 Å². The van der Waals surface area contributed by atoms with E-state index < -0.39 is 10.9 Å². The smallest absolute Gasteiger partial charge is 0.384 e. The van der Waals surface area contributed by atoms with E-state index in [0.717, 1.165) is 0 Å². The van der Waals surface area contributed by atoms with E-state index in [1.807, 2.05) is 0 Å². The molecule has 0 saturated carbocycles. The zero-order valence-electron chi connectivity index (χ0n) is 10.0. The number of nitro benzene ring substituents is 1. The SMILES string of the molecule is CCOC(=O)C#Cc1cc(C)c(N)c([N+](=O)[O-])c1. The summed E-state index contributed by atoms with van der Waals surface area (Å²) >= 11 is 0. The van der Waals surface area contributed by atoms with Crippen LogP contribution >= 0.6 is 0 Å². The van der Waals surface area contributed by atoms with Gasteiger partial charge in [0.15, 0.2) is 0 Å². The monoisotopic (exact) mass is 248 g/mol. The van der Waals surface area contributed by atoms with Gasteiger partial charge in [0, 0.05) is 17.6 Å². The van der Waals surface area contributed by atoms with Crippen molar-refractivity contribution in [3.63, 3.8) is 0 Å². The van der Waals surface area contributed by atoms with E-state index in [1.165, 1.54) is 6.07 Å². The number of benzene rings is 1. The summed E-state index contributed by atoms with van der Waals surface area (Å²) in [6.45, 7) is 3.53. The van der Waals surface area contributed by atoms with Crippen molar-refractivity contribution in [2.24, 2.45) is 0 Å². The summed E-state index contributed by atoms with van der Waals surface area (Å²) in [5, 5.41) is 10.8. The number of esters is 1. The largest absolute Gasteiger partial charge is 0.456 e. The van der Waals surface area contributed by atoms with E-state index in [4.69, 9.17) is 5.73 Å². The highest BCUT2D eigenvalue weighted by Gasteiger charge is 2.14. The molecule has 6 heteroatoms. The second-order valence-electron chi connectivity index (χ2n) is 3.45. The second kappa shape index (κ2) is 5.68. The Balaban J connectivity index is 3.12. The Morgan fingerprint density at radius 3 is 2.78 bits per heavy atom. The van der Waals surface area contributed by atoms with E-state index in [1.54, 1.807) is 19.9 Å². The van der Waals surface area contributed by atoms with Gasteiger partial charge in [0.1, 0.15) is 5.69 Å². The number of aryl methyl sites for hydroxylation is 1. The highest BCUT2D eigenvalue weighted by atomic mass is 16.6. The lowest BCUT2D eigenvalue weighted by Gasteiger charge is -2.02. The molecule has 0 atom stereocenters. The molecule has 94 valence electrons. The number of nitro groups is 1. The van der Waals surface area contributed by atoms with Gasteiger partial charge in [-0.1, -0.05) is 5.92 Å². The zero-order chi connectivity index (χ0) is 13.7. The minimum Gasteiger partial charge on any atom is -0.456 e. The molecule has 0 spiro atoms. The molecule has 0 saturated heterocycles. The summed E-state index contributed by atoms with van der Waals surface area (Å²) in [5.41, 5.74) is 6.34. The number of hydrogen-bond acceptors (Lipinski definition) is 5. The van der Waals surface area contributed by atoms with Gasteiger partial charge >= 0.3 is 5.97 Å². The molecule has 6 nitrogen and oxygen atoms in total. The van der Waals surface area contributed by atoms with Gasteiger partial charge in [-0.3, -0.25) is 10.1 Å². The molecule has 18 heavy (non-hydrogen) atoms. The predicted molar refractivity (Wildman–Crippen MR) is 65.8 cm³/mol. The molecule has 1 aromatic rings. The van der Waals surface area contributed by atoms with E-state index >= 15 is 0 Å². The number of hydrogen-bond donors (Lipinski definition) is 1. The first kappa shape index (κ1) is 13.5. The van der Waals surface area contributed by atoms with Crippen LogP contribution in [0.15, 0.2) is 12.1 Å². The maximum absolute atomic E-state index is 11.0. The minimum absolute atomic E-state index is 0.0988. The highest BCUT2D eigenvalue weighted by Crippen LogP contribution is 2.26. The fraction of sp³-hybridized carbons (Fsp3) is 0.250. The number of nitrogens with zero attached hydrogens (tertiary/aromatic N) is 1. The Labute approximate surface area is 104 Å². The molecular weight excluding hydrogens is 236 g/mol. The predicted octanol–water partition coefficient (Wildman–Crippen LogP) is 1.40. The Bertz CT molecular complexity index is 555. The van der Waals surface area contributed by atoms with Crippen LogP contribution in [0.1, 0.15) is 18.1 Å². The molecule has 0 aromatic heterocycles. The molecule has 0 aliphatic heterocycles. The van der Waals surface area contributed by atoms with Crippen molar-refractivity contribution in [3.05, 3.63) is 33.4 Å². The molecule has 1 aromatic carbocycles. The average molecular weight is 248 g/mol. The molecule has 1 rings (SSSR count). The van der Waals surface area contributed by atoms with Crippen LogP contribution in [0.25, 0.3) is 0 Å². The quantitative estimate of drug-likeness (QED) is 0.280. The molecule has 0 radical (unpaired) electrons. The van der Waals surface area contributed by atoms with Crippen molar-refractivity contribution in [3.8, 4) is 11.8 Å². The van der Waals surface area contributed by atoms with Gasteiger partial charge in [0.25, 0.3) is 5.69 Å². The average Bonchev–Trinajstić information content (AvgIpc) is 2.30. The van der Waals surface area contributed by atoms with Gasteiger partial charge in [-0.15, -0.1) is 0 Å². The molecule has 0 fully saturated rings. The van der Waals surface area contributed by atoms with Crippen LogP contribution in [0.3, 0.4) is 0 Å². The number of carbonyl (C=O) groups is 1. The first-order valence-electron chi connectivity index (χ1n) is 5.19. The molecule has 0 aliphatic rings. The van der Waals surface area contributed by atoms with E-state index in [0.29, 0.717) is 11.1 Å². The fourth-order valence-electron chi connectivity index (χ4n) is 1.29. The van der Waals surface area contributed by atoms with Crippen LogP contribution in [-0.2, 0) is 9.53 Å². The van der Waals surface area contributed by atoms with Crippen LogP contribution in [0.2, 0.25) is 0 Å². The van der Waals surface area contributed by atoms with Gasteiger partial charge in [-0.2, -0.15) is 0 Å². The summed E-state index contributed by atoms with van der Waals surface area (Å²) < 4.78 is 4.62. The van der Waals surface area contributed by atoms with Crippen molar-refractivity contribution in [1.29, 1.82) is 0 Å². The molecule has 0 amide bonds. The Morgan fingerprint density at radius 1 is 1.56 bits per heavy atom. The number of anilines is 1. The maximum Gasteiger partial charge on any atom is 0.384 e. The maximum atomic E-state index is 11.0. The molecular formula is C12H12N2O4. The van der Waals surface area contributed by atoms with Crippen molar-refractivity contribution in [2.75, 3.05) is 12.3 Å². The molecule has 0 aliphatic carbocycles. The van der Waals surface area contributed by atoms with Crippen molar-refractivity contribution < 1.29 is 14.5 Å². The Hall–Kier alpha value is -2.55. The van der Waals surface area contributed by atoms with E-state index in [2.05, 4.69) is 16.6 Å². The molecule has 0 heterocycles. The van der Waals surface area contributed by atoms with Gasteiger partial charge in [0.05, 0.1) is 11.5 Å². The summed E-state index contributed by atoms with van der Waals surface area (Å²) in [4.78, 5) is 21.2. The lowest BCUT2D eigenvalue weighted by Crippen LogP contribution is -2.01. The molecule has 0 bridgehead atoms. The van der Waals surface area contributed by atoms with Gasteiger partial charge < -0.3 is 10.5 Å². The minimum atomic E-state index is -0.672. The summed E-state index contributed by atoms with van der Waals surface area (Å²) in [7, 11) is 0. The fourth-order valence-corrected chi connectivity index (χ4v) is 1.29. The van der Waals surface area contributed by atoms with Crippen LogP contribution in [0.5, 0.6) is 0 Å². The zero-order valence-corrected chi connectivity index (χ0v) is 10.0. The summed E-state index contributed by atoms with van der Waals surface area (Å²) in [6, 6.07) is 2.81. The number of carbonyl (C=O) groups excluding carboxylic acids is 1. The van der Waals surface area contributed by atoms with Crippen LogP contribution < -0.4 is 5.73 Å². The third kappa shape index (κ3) is 3.22. The number of rotatable bonds is 2. The Morgan fingerprint density at radius 2 is 2.22 bits per heavy atom. The Kier molecular flexibility index (Phi) is 4.27. The lowest BCUT2D eigenvalue weighted by atomic mass is 10.1. The molecule has 0 unspecified atom stereocenters. The van der Waals surface area contributed by atoms with Gasteiger partial charge in [-0.25, -0.2) is 4.79 Å². The normalized spacial score (nSPS) is 9.22. The van der Waals surface area contributed by atoms with Crippen molar-refractivity contribution in [2.45, 2.75) is 13.8 Å². The van der Waals surface area contributed by atoms with Gasteiger partial charge in [-0.05, 0) is 25.5 Å². The number of nitrogen functional groups attached to an aromatic ring is 1. The van der Waals surface area contributed by atoms with Gasteiger partial charge in [0.2, 0.25) is 0 Å². The molecule has 2 N–H and O–H groups in total. The first-order valence-corrected chi connectivity index (χ1v) is 5.19. The standard InChI is InChI=1S/C12H12N2O4/c1-3-18-11(15)5-4-9-6-8(2)12(13)10(7-9)14(16)17/h6-7H,3,13H2,1-2H3. The topological polar surface area (TPSA) is 95.5 Å². The lowest BCUT2D eigenvalue weighted by molar-refractivity contribution is -0.383. The second-order valence-corrected chi connectivity index (χ2v) is 3.45. The number of nitrogens with two attached hydrogens (primary N) is 1. The van der Waals surface area contributed by atoms with E-state index in [9.17, 15) is 14.9 Å². The van der Waals surface area contributed by atoms with E-state index in [-0.39, 0.29) is 18.0 Å². The third-order valence-electron chi connectivity index (χ3n) is 2.15. The summed E-state index contributed by atoms with van der Waals surface area (Å²) in [5.74, 6) is 4.07. The van der Waals surface area contributed by atoms with Crippen LogP contribution in [-0.4, -0.2) is 17.5 Å². The first-order chi connectivity index (χ1) is 8.45. The third-order valence-corrected chi connectivity index (χ3v) is 2.15. The highest BCUT2D eigenvalue weighted by molar-refractivity contribution is 5.89. The van der Waals surface area contributed by atoms with Crippen molar-refractivity contribution >= 4 is 17.3 Å².